The Kier molecular flexibility index (Phi) is 4.45. The van der Waals surface area contributed by atoms with Crippen molar-refractivity contribution in [1.82, 2.24) is 5.32 Å². The van der Waals surface area contributed by atoms with Gasteiger partial charge in [0, 0.05) is 34.7 Å². The van der Waals surface area contributed by atoms with E-state index in [0.717, 1.165) is 5.56 Å². The number of carbonyl (C=O) groups excluding carboxylic acids is 1. The number of rotatable bonds is 4. The molecule has 0 aliphatic heterocycles. The van der Waals surface area contributed by atoms with Gasteiger partial charge in [0.2, 0.25) is 5.91 Å². The van der Waals surface area contributed by atoms with Crippen LogP contribution in [0.4, 0.5) is 0 Å². The summed E-state index contributed by atoms with van der Waals surface area (Å²) in [4.78, 5) is 21.8. The lowest BCUT2D eigenvalue weighted by molar-refractivity contribution is -0.536. The number of nitrogens with one attached hydrogen (secondary N) is 1. The van der Waals surface area contributed by atoms with Crippen LogP contribution in [0.1, 0.15) is 31.0 Å². The van der Waals surface area contributed by atoms with Gasteiger partial charge in [-0.15, -0.1) is 0 Å². The lowest BCUT2D eigenvalue weighted by Gasteiger charge is -2.26. The number of halogens is 1. The maximum atomic E-state index is 11.2. The van der Waals surface area contributed by atoms with Crippen molar-refractivity contribution < 1.29 is 9.72 Å². The van der Waals surface area contributed by atoms with Crippen LogP contribution in [0.25, 0.3) is 0 Å². The third kappa shape index (κ3) is 3.29. The summed E-state index contributed by atoms with van der Waals surface area (Å²) in [5, 5.41) is 13.7. The molecule has 0 aromatic heterocycles. The monoisotopic (exact) mass is 314 g/mol. The fraction of sp³-hybridized carbons (Fsp3) is 0.417. The molecule has 1 aromatic rings. The highest BCUT2D eigenvalue weighted by molar-refractivity contribution is 9.10. The number of aryl methyl sites for hydroxylation is 1. The highest BCUT2D eigenvalue weighted by Gasteiger charge is 2.44. The molecule has 0 fully saturated rings. The molecular formula is C12H15BrN2O3. The third-order valence-electron chi connectivity index (χ3n) is 2.64. The van der Waals surface area contributed by atoms with E-state index in [1.807, 2.05) is 19.1 Å². The Bertz CT molecular complexity index is 457. The SMILES string of the molecule is CC(=O)NC(c1ccc(C)cc1)C(C)(Br)[N+](=O)[O-]. The van der Waals surface area contributed by atoms with Gasteiger partial charge in [-0.25, -0.2) is 0 Å². The molecule has 0 saturated carbocycles. The summed E-state index contributed by atoms with van der Waals surface area (Å²) in [6.07, 6.45) is 0. The van der Waals surface area contributed by atoms with E-state index in [2.05, 4.69) is 21.2 Å². The van der Waals surface area contributed by atoms with E-state index in [0.29, 0.717) is 5.56 Å². The number of carbonyl (C=O) groups is 1. The van der Waals surface area contributed by atoms with Crippen molar-refractivity contribution in [3.63, 3.8) is 0 Å². The molecule has 2 unspecified atom stereocenters. The van der Waals surface area contributed by atoms with Gasteiger partial charge in [0.15, 0.2) is 0 Å². The average molecular weight is 315 g/mol. The van der Waals surface area contributed by atoms with Crippen LogP contribution >= 0.6 is 15.9 Å². The average Bonchev–Trinajstić information content (AvgIpc) is 2.26. The second-order valence-electron chi connectivity index (χ2n) is 4.33. The van der Waals surface area contributed by atoms with Crippen LogP contribution in [0, 0.1) is 17.0 Å². The molecule has 1 N–H and O–H groups in total. The first-order chi connectivity index (χ1) is 8.25. The molecule has 6 heteroatoms. The summed E-state index contributed by atoms with van der Waals surface area (Å²) in [5.41, 5.74) is 1.74. The van der Waals surface area contributed by atoms with Crippen LogP contribution in [0.15, 0.2) is 24.3 Å². The number of hydrogen-bond acceptors (Lipinski definition) is 3. The van der Waals surface area contributed by atoms with Crippen LogP contribution in [0.3, 0.4) is 0 Å². The van der Waals surface area contributed by atoms with E-state index in [4.69, 9.17) is 0 Å². The minimum atomic E-state index is -1.45. The van der Waals surface area contributed by atoms with E-state index < -0.39 is 15.4 Å². The summed E-state index contributed by atoms with van der Waals surface area (Å²) in [7, 11) is 0. The lowest BCUT2D eigenvalue weighted by atomic mass is 9.99. The molecule has 0 aliphatic rings. The molecule has 98 valence electrons. The Morgan fingerprint density at radius 3 is 2.33 bits per heavy atom. The topological polar surface area (TPSA) is 72.2 Å². The highest BCUT2D eigenvalue weighted by Crippen LogP contribution is 2.34. The van der Waals surface area contributed by atoms with E-state index in [9.17, 15) is 14.9 Å². The Labute approximate surface area is 114 Å². The number of nitro groups is 1. The molecule has 1 rings (SSSR count). The summed E-state index contributed by atoms with van der Waals surface area (Å²) in [6.45, 7) is 4.69. The van der Waals surface area contributed by atoms with Crippen molar-refractivity contribution in [1.29, 1.82) is 0 Å². The van der Waals surface area contributed by atoms with Gasteiger partial charge in [-0.1, -0.05) is 29.8 Å². The van der Waals surface area contributed by atoms with E-state index >= 15 is 0 Å². The molecule has 1 amide bonds. The second-order valence-corrected chi connectivity index (χ2v) is 5.93. The maximum absolute atomic E-state index is 11.2. The molecule has 2 atom stereocenters. The van der Waals surface area contributed by atoms with E-state index in [1.165, 1.54) is 13.8 Å². The zero-order valence-electron chi connectivity index (χ0n) is 10.4. The van der Waals surface area contributed by atoms with Gasteiger partial charge >= 0.3 is 0 Å². The number of benzene rings is 1. The first-order valence-corrected chi connectivity index (χ1v) is 6.21. The van der Waals surface area contributed by atoms with Crippen molar-refractivity contribution in [2.45, 2.75) is 31.3 Å². The molecule has 1 aromatic carbocycles. The predicted octanol–water partition coefficient (Wildman–Crippen LogP) is 2.56. The minimum absolute atomic E-state index is 0.312. The van der Waals surface area contributed by atoms with Crippen LogP contribution in [0.5, 0.6) is 0 Å². The fourth-order valence-corrected chi connectivity index (χ4v) is 1.97. The van der Waals surface area contributed by atoms with Crippen molar-refractivity contribution in [3.8, 4) is 0 Å². The van der Waals surface area contributed by atoms with E-state index in [1.54, 1.807) is 12.1 Å². The lowest BCUT2D eigenvalue weighted by Crippen LogP contribution is -2.44. The molecule has 0 spiro atoms. The zero-order valence-corrected chi connectivity index (χ0v) is 12.0. The minimum Gasteiger partial charge on any atom is -0.342 e. The van der Waals surface area contributed by atoms with Crippen LogP contribution in [-0.4, -0.2) is 15.3 Å². The van der Waals surface area contributed by atoms with Crippen molar-refractivity contribution in [2.75, 3.05) is 0 Å². The van der Waals surface area contributed by atoms with Crippen LogP contribution < -0.4 is 5.32 Å². The Morgan fingerprint density at radius 1 is 1.44 bits per heavy atom. The van der Waals surface area contributed by atoms with Gasteiger partial charge in [0.05, 0.1) is 0 Å². The molecule has 18 heavy (non-hydrogen) atoms. The molecule has 0 bridgehead atoms. The molecule has 5 nitrogen and oxygen atoms in total. The Balaban J connectivity index is 3.17. The van der Waals surface area contributed by atoms with Crippen LogP contribution in [-0.2, 0) is 4.79 Å². The smallest absolute Gasteiger partial charge is 0.295 e. The first kappa shape index (κ1) is 14.6. The van der Waals surface area contributed by atoms with Gasteiger partial charge in [-0.05, 0) is 12.5 Å². The Hall–Kier alpha value is -1.43. The maximum Gasteiger partial charge on any atom is 0.295 e. The first-order valence-electron chi connectivity index (χ1n) is 5.42. The quantitative estimate of drug-likeness (QED) is 0.402. The summed E-state index contributed by atoms with van der Waals surface area (Å²) >= 11 is 3.08. The zero-order chi connectivity index (χ0) is 13.9. The number of nitrogens with zero attached hydrogens (tertiary/aromatic N) is 1. The largest absolute Gasteiger partial charge is 0.342 e. The normalized spacial score (nSPS) is 15.6. The van der Waals surface area contributed by atoms with Crippen molar-refractivity contribution in [3.05, 3.63) is 45.5 Å². The number of alkyl halides is 1. The molecular weight excluding hydrogens is 300 g/mol. The summed E-state index contributed by atoms with van der Waals surface area (Å²) < 4.78 is -1.45. The van der Waals surface area contributed by atoms with Gasteiger partial charge < -0.3 is 5.32 Å². The third-order valence-corrected chi connectivity index (χ3v) is 3.39. The molecule has 0 saturated heterocycles. The van der Waals surface area contributed by atoms with Gasteiger partial charge in [0.25, 0.3) is 4.45 Å². The summed E-state index contributed by atoms with van der Waals surface area (Å²) in [5.74, 6) is -0.312. The van der Waals surface area contributed by atoms with Gasteiger partial charge in [-0.3, -0.25) is 14.9 Å². The van der Waals surface area contributed by atoms with E-state index in [-0.39, 0.29) is 5.91 Å². The molecule has 0 radical (unpaired) electrons. The number of amides is 1. The second kappa shape index (κ2) is 5.48. The fourth-order valence-electron chi connectivity index (χ4n) is 1.59. The molecule has 0 heterocycles. The van der Waals surface area contributed by atoms with Crippen molar-refractivity contribution in [2.24, 2.45) is 0 Å². The summed E-state index contributed by atoms with van der Waals surface area (Å²) in [6, 6.07) is 6.53. The molecule has 0 aliphatic carbocycles. The number of hydrogen-bond donors (Lipinski definition) is 1. The standard InChI is InChI=1S/C12H15BrN2O3/c1-8-4-6-10(7-5-8)11(14-9(2)16)12(3,13)15(17)18/h4-7,11H,1-3H3,(H,14,16). The van der Waals surface area contributed by atoms with Gasteiger partial charge in [0.1, 0.15) is 6.04 Å². The van der Waals surface area contributed by atoms with Crippen LogP contribution in [0.2, 0.25) is 0 Å². The van der Waals surface area contributed by atoms with Crippen molar-refractivity contribution >= 4 is 21.8 Å². The Morgan fingerprint density at radius 2 is 1.94 bits per heavy atom. The predicted molar refractivity (Wildman–Crippen MR) is 72.1 cm³/mol. The van der Waals surface area contributed by atoms with Gasteiger partial charge in [-0.2, -0.15) is 0 Å². The highest BCUT2D eigenvalue weighted by atomic mass is 79.9.